The molecular formula is C13H16INO. The lowest BCUT2D eigenvalue weighted by Gasteiger charge is -2.07. The van der Waals surface area contributed by atoms with Crippen molar-refractivity contribution in [1.29, 1.82) is 0 Å². The molecule has 1 fully saturated rings. The van der Waals surface area contributed by atoms with E-state index in [-0.39, 0.29) is 0 Å². The molecule has 0 spiro atoms. The zero-order valence-corrected chi connectivity index (χ0v) is 11.4. The average molecular weight is 329 g/mol. The van der Waals surface area contributed by atoms with Gasteiger partial charge in [-0.05, 0) is 65.7 Å². The highest BCUT2D eigenvalue weighted by Gasteiger charge is 2.17. The molecule has 1 heterocycles. The first kappa shape index (κ1) is 12.0. The second-order valence-corrected chi connectivity index (χ2v) is 5.65. The SMILES string of the molecule is O=C(Cc1ccc(I)cc1)CC1CCNC1. The van der Waals surface area contributed by atoms with Crippen molar-refractivity contribution in [2.45, 2.75) is 19.3 Å². The molecule has 1 N–H and O–H groups in total. The Hall–Kier alpha value is -0.420. The van der Waals surface area contributed by atoms with Gasteiger partial charge in [-0.1, -0.05) is 12.1 Å². The van der Waals surface area contributed by atoms with E-state index in [1.165, 1.54) is 3.57 Å². The third-order valence-corrected chi connectivity index (χ3v) is 3.71. The quantitative estimate of drug-likeness (QED) is 0.860. The van der Waals surface area contributed by atoms with Gasteiger partial charge in [0.05, 0.1) is 0 Å². The fourth-order valence-electron chi connectivity index (χ4n) is 2.11. The van der Waals surface area contributed by atoms with Crippen LogP contribution in [-0.4, -0.2) is 18.9 Å². The number of hydrogen-bond donors (Lipinski definition) is 1. The number of ketones is 1. The Bertz CT molecular complexity index is 355. The summed E-state index contributed by atoms with van der Waals surface area (Å²) in [5.74, 6) is 0.936. The van der Waals surface area contributed by atoms with Gasteiger partial charge in [-0.25, -0.2) is 0 Å². The second-order valence-electron chi connectivity index (χ2n) is 4.40. The molecule has 0 aliphatic carbocycles. The molecule has 1 saturated heterocycles. The van der Waals surface area contributed by atoms with Crippen molar-refractivity contribution in [3.8, 4) is 0 Å². The van der Waals surface area contributed by atoms with Crippen molar-refractivity contribution in [3.05, 3.63) is 33.4 Å². The highest BCUT2D eigenvalue weighted by atomic mass is 127. The predicted molar refractivity (Wildman–Crippen MR) is 73.5 cm³/mol. The van der Waals surface area contributed by atoms with E-state index in [2.05, 4.69) is 40.0 Å². The molecule has 1 atom stereocenters. The topological polar surface area (TPSA) is 29.1 Å². The minimum Gasteiger partial charge on any atom is -0.316 e. The van der Waals surface area contributed by atoms with Crippen LogP contribution in [0.1, 0.15) is 18.4 Å². The van der Waals surface area contributed by atoms with Crippen molar-refractivity contribution in [1.82, 2.24) is 5.32 Å². The minimum absolute atomic E-state index is 0.370. The largest absolute Gasteiger partial charge is 0.316 e. The van der Waals surface area contributed by atoms with Gasteiger partial charge in [0.25, 0.3) is 0 Å². The van der Waals surface area contributed by atoms with Crippen LogP contribution in [0.25, 0.3) is 0 Å². The molecule has 16 heavy (non-hydrogen) atoms. The van der Waals surface area contributed by atoms with Gasteiger partial charge in [-0.2, -0.15) is 0 Å². The molecule has 1 aliphatic rings. The number of nitrogens with one attached hydrogen (secondary N) is 1. The third kappa shape index (κ3) is 3.56. The summed E-state index contributed by atoms with van der Waals surface area (Å²) in [4.78, 5) is 11.8. The highest BCUT2D eigenvalue weighted by Crippen LogP contribution is 2.15. The van der Waals surface area contributed by atoms with Gasteiger partial charge in [-0.15, -0.1) is 0 Å². The average Bonchev–Trinajstić information content (AvgIpc) is 2.74. The van der Waals surface area contributed by atoms with Gasteiger partial charge >= 0.3 is 0 Å². The maximum atomic E-state index is 11.8. The predicted octanol–water partition coefficient (Wildman–Crippen LogP) is 2.40. The summed E-state index contributed by atoms with van der Waals surface area (Å²) in [6.45, 7) is 2.08. The van der Waals surface area contributed by atoms with Gasteiger partial charge in [0.15, 0.2) is 0 Å². The van der Waals surface area contributed by atoms with Crippen molar-refractivity contribution >= 4 is 28.4 Å². The lowest BCUT2D eigenvalue weighted by molar-refractivity contribution is -0.119. The Kier molecular flexibility index (Phi) is 4.35. The van der Waals surface area contributed by atoms with Crippen LogP contribution in [0.5, 0.6) is 0 Å². The van der Waals surface area contributed by atoms with Crippen LogP contribution in [0.3, 0.4) is 0 Å². The number of rotatable bonds is 4. The molecule has 1 unspecified atom stereocenters. The summed E-state index contributed by atoms with van der Waals surface area (Å²) in [5.41, 5.74) is 1.14. The number of halogens is 1. The van der Waals surface area contributed by atoms with Crippen molar-refractivity contribution in [3.63, 3.8) is 0 Å². The van der Waals surface area contributed by atoms with Crippen LogP contribution in [0.2, 0.25) is 0 Å². The Morgan fingerprint density at radius 1 is 1.38 bits per heavy atom. The molecule has 2 rings (SSSR count). The summed E-state index contributed by atoms with van der Waals surface area (Å²) in [5, 5.41) is 3.30. The molecule has 2 nitrogen and oxygen atoms in total. The monoisotopic (exact) mass is 329 g/mol. The van der Waals surface area contributed by atoms with Gasteiger partial charge in [0.1, 0.15) is 5.78 Å². The zero-order chi connectivity index (χ0) is 11.4. The first-order chi connectivity index (χ1) is 7.74. The van der Waals surface area contributed by atoms with Gasteiger partial charge in [0, 0.05) is 16.4 Å². The Labute approximate surface area is 110 Å². The first-order valence-corrected chi connectivity index (χ1v) is 6.79. The summed E-state index contributed by atoms with van der Waals surface area (Å²) in [6.07, 6.45) is 2.48. The molecule has 1 aromatic rings. The molecule has 0 bridgehead atoms. The van der Waals surface area contributed by atoms with Crippen molar-refractivity contribution in [2.75, 3.05) is 13.1 Å². The molecule has 86 valence electrons. The maximum Gasteiger partial charge on any atom is 0.137 e. The molecule has 0 saturated carbocycles. The molecule has 0 amide bonds. The molecule has 0 radical (unpaired) electrons. The number of hydrogen-bond acceptors (Lipinski definition) is 2. The van der Waals surface area contributed by atoms with E-state index in [1.54, 1.807) is 0 Å². The summed E-state index contributed by atoms with van der Waals surface area (Å²) >= 11 is 2.28. The first-order valence-electron chi connectivity index (χ1n) is 5.71. The summed E-state index contributed by atoms with van der Waals surface area (Å²) in [6, 6.07) is 8.21. The molecule has 1 aromatic carbocycles. The standard InChI is InChI=1S/C13H16INO/c14-12-3-1-10(2-4-12)7-13(16)8-11-5-6-15-9-11/h1-4,11,15H,5-9H2. The van der Waals surface area contributed by atoms with Gasteiger partial charge in [0.2, 0.25) is 0 Å². The van der Waals surface area contributed by atoms with E-state index >= 15 is 0 Å². The molecule has 0 aromatic heterocycles. The second kappa shape index (κ2) is 5.77. The Balaban J connectivity index is 1.84. The highest BCUT2D eigenvalue weighted by molar-refractivity contribution is 14.1. The van der Waals surface area contributed by atoms with E-state index in [0.717, 1.165) is 31.5 Å². The number of carbonyl (C=O) groups excluding carboxylic acids is 1. The van der Waals surface area contributed by atoms with Crippen molar-refractivity contribution in [2.24, 2.45) is 5.92 Å². The van der Waals surface area contributed by atoms with E-state index in [1.807, 2.05) is 12.1 Å². The fraction of sp³-hybridized carbons (Fsp3) is 0.462. The number of Topliss-reactive ketones (excluding diaryl/α,β-unsaturated/α-hetero) is 1. The lowest BCUT2D eigenvalue weighted by Crippen LogP contribution is -2.14. The van der Waals surface area contributed by atoms with Crippen LogP contribution >= 0.6 is 22.6 Å². The van der Waals surface area contributed by atoms with Crippen LogP contribution in [0.4, 0.5) is 0 Å². The zero-order valence-electron chi connectivity index (χ0n) is 9.21. The van der Waals surface area contributed by atoms with Gasteiger partial charge in [-0.3, -0.25) is 4.79 Å². The number of carbonyl (C=O) groups is 1. The smallest absolute Gasteiger partial charge is 0.137 e. The fourth-order valence-corrected chi connectivity index (χ4v) is 2.47. The normalized spacial score (nSPS) is 19.9. The van der Waals surface area contributed by atoms with Crippen LogP contribution in [-0.2, 0) is 11.2 Å². The summed E-state index contributed by atoms with van der Waals surface area (Å²) in [7, 11) is 0. The van der Waals surface area contributed by atoms with E-state index in [9.17, 15) is 4.79 Å². The number of benzene rings is 1. The lowest BCUT2D eigenvalue weighted by atomic mass is 9.98. The van der Waals surface area contributed by atoms with Crippen LogP contribution in [0, 0.1) is 9.49 Å². The minimum atomic E-state index is 0.370. The van der Waals surface area contributed by atoms with Crippen LogP contribution < -0.4 is 5.32 Å². The Morgan fingerprint density at radius 2 is 2.12 bits per heavy atom. The van der Waals surface area contributed by atoms with Crippen molar-refractivity contribution < 1.29 is 4.79 Å². The maximum absolute atomic E-state index is 11.8. The summed E-state index contributed by atoms with van der Waals surface area (Å²) < 4.78 is 1.22. The van der Waals surface area contributed by atoms with Crippen LogP contribution in [0.15, 0.2) is 24.3 Å². The van der Waals surface area contributed by atoms with E-state index < -0.39 is 0 Å². The van der Waals surface area contributed by atoms with E-state index in [0.29, 0.717) is 18.1 Å². The Morgan fingerprint density at radius 3 is 2.75 bits per heavy atom. The van der Waals surface area contributed by atoms with E-state index in [4.69, 9.17) is 0 Å². The third-order valence-electron chi connectivity index (χ3n) is 2.99. The van der Waals surface area contributed by atoms with Gasteiger partial charge < -0.3 is 5.32 Å². The molecule has 1 aliphatic heterocycles. The molecular weight excluding hydrogens is 313 g/mol. The molecule has 3 heteroatoms.